The molecule has 3 aromatic rings. The molecule has 0 spiro atoms. The van der Waals surface area contributed by atoms with Gasteiger partial charge in [0, 0.05) is 64.8 Å². The van der Waals surface area contributed by atoms with Crippen LogP contribution in [-0.4, -0.2) is 85.0 Å². The van der Waals surface area contributed by atoms with Gasteiger partial charge in [0.25, 0.3) is 5.91 Å². The van der Waals surface area contributed by atoms with Crippen LogP contribution in [0.4, 0.5) is 0 Å². The van der Waals surface area contributed by atoms with Gasteiger partial charge in [-0.2, -0.15) is 0 Å². The van der Waals surface area contributed by atoms with Gasteiger partial charge in [0.2, 0.25) is 15.9 Å². The van der Waals surface area contributed by atoms with Gasteiger partial charge in [-0.3, -0.25) is 18.7 Å². The zero-order valence-corrected chi connectivity index (χ0v) is 24.7. The van der Waals surface area contributed by atoms with Gasteiger partial charge in [-0.05, 0) is 31.4 Å². The Labute approximate surface area is 246 Å². The number of aromatic nitrogens is 2. The average molecular weight is 595 g/mol. The molecule has 1 unspecified atom stereocenters. The van der Waals surface area contributed by atoms with Crippen molar-refractivity contribution in [3.05, 3.63) is 76.8 Å². The van der Waals surface area contributed by atoms with Gasteiger partial charge in [0.15, 0.2) is 0 Å². The van der Waals surface area contributed by atoms with Crippen molar-refractivity contribution in [1.29, 1.82) is 0 Å². The first-order valence-corrected chi connectivity index (χ1v) is 16.0. The molecule has 12 heteroatoms. The molecule has 2 aliphatic rings. The number of rotatable bonds is 9. The fourth-order valence-electron chi connectivity index (χ4n) is 5.79. The summed E-state index contributed by atoms with van der Waals surface area (Å²) in [4.78, 5) is 44.4. The van der Waals surface area contributed by atoms with E-state index >= 15 is 0 Å². The number of amides is 2. The Morgan fingerprint density at radius 3 is 2.29 bits per heavy atom. The second-order valence-corrected chi connectivity index (χ2v) is 12.5. The molecule has 3 heterocycles. The smallest absolute Gasteiger partial charge is 0.329 e. The number of piperidine rings is 1. The molecule has 2 aromatic carbocycles. The molecule has 0 saturated carbocycles. The Hall–Kier alpha value is -3.74. The number of likely N-dealkylation sites (tertiary alicyclic amines) is 1. The maximum Gasteiger partial charge on any atom is 0.329 e. The molecular weight excluding hydrogens is 556 g/mol. The van der Waals surface area contributed by atoms with Gasteiger partial charge in [-0.15, -0.1) is 0 Å². The fraction of sp³-hybridized carbons (Fsp3) is 0.433. The van der Waals surface area contributed by atoms with E-state index in [4.69, 9.17) is 0 Å². The van der Waals surface area contributed by atoms with Crippen LogP contribution < -0.4 is 15.7 Å². The standard InChI is InChI=1S/C30H38N6O5S/c1-23(37)34-18-8-12-25(22-34)36-27(24-10-4-2-5-11-24)28(29(38)33-20-16-31-17-21-33)35(30(36)39)19-9-15-32-42(40,41)26-13-6-3-7-14-26/h2-7,10-11,13-14,25,31-32H,8-9,12,15-22H2,1H3. The molecule has 2 saturated heterocycles. The highest BCUT2D eigenvalue weighted by Crippen LogP contribution is 2.31. The number of carbonyl (C=O) groups excluding carboxylic acids is 2. The van der Waals surface area contributed by atoms with Crippen molar-refractivity contribution in [1.82, 2.24) is 29.0 Å². The maximum atomic E-state index is 14.3. The average Bonchev–Trinajstić information content (AvgIpc) is 3.31. The summed E-state index contributed by atoms with van der Waals surface area (Å²) in [7, 11) is -3.71. The van der Waals surface area contributed by atoms with Crippen molar-refractivity contribution < 1.29 is 18.0 Å². The largest absolute Gasteiger partial charge is 0.341 e. The van der Waals surface area contributed by atoms with Crippen molar-refractivity contribution in [2.75, 3.05) is 45.8 Å². The van der Waals surface area contributed by atoms with Crippen LogP contribution >= 0.6 is 0 Å². The summed E-state index contributed by atoms with van der Waals surface area (Å²) in [5.41, 5.74) is 1.27. The molecule has 2 fully saturated rings. The summed E-state index contributed by atoms with van der Waals surface area (Å²) in [5, 5.41) is 3.26. The molecule has 2 N–H and O–H groups in total. The van der Waals surface area contributed by atoms with Crippen molar-refractivity contribution in [2.45, 2.75) is 43.7 Å². The number of benzene rings is 2. The van der Waals surface area contributed by atoms with E-state index in [1.165, 1.54) is 23.6 Å². The van der Waals surface area contributed by atoms with Gasteiger partial charge in [0.1, 0.15) is 5.69 Å². The summed E-state index contributed by atoms with van der Waals surface area (Å²) in [6.07, 6.45) is 1.75. The molecule has 1 atom stereocenters. The summed E-state index contributed by atoms with van der Waals surface area (Å²) in [6, 6.07) is 17.3. The van der Waals surface area contributed by atoms with Gasteiger partial charge in [0.05, 0.1) is 16.6 Å². The molecule has 0 aliphatic carbocycles. The van der Waals surface area contributed by atoms with Crippen molar-refractivity contribution >= 4 is 21.8 Å². The summed E-state index contributed by atoms with van der Waals surface area (Å²) < 4.78 is 31.3. The lowest BCUT2D eigenvalue weighted by atomic mass is 10.0. The molecule has 0 radical (unpaired) electrons. The third-order valence-corrected chi connectivity index (χ3v) is 9.41. The number of hydrogen-bond acceptors (Lipinski definition) is 6. The number of hydrogen-bond donors (Lipinski definition) is 2. The molecule has 11 nitrogen and oxygen atoms in total. The van der Waals surface area contributed by atoms with Crippen LogP contribution in [-0.2, 0) is 21.4 Å². The zero-order valence-electron chi connectivity index (χ0n) is 23.9. The van der Waals surface area contributed by atoms with Gasteiger partial charge >= 0.3 is 5.69 Å². The normalized spacial score (nSPS) is 17.8. The van der Waals surface area contributed by atoms with E-state index in [9.17, 15) is 22.8 Å². The monoisotopic (exact) mass is 594 g/mol. The highest BCUT2D eigenvalue weighted by atomic mass is 32.2. The number of nitrogens with one attached hydrogen (secondary N) is 2. The van der Waals surface area contributed by atoms with Gasteiger partial charge < -0.3 is 15.1 Å². The maximum absolute atomic E-state index is 14.3. The molecule has 2 amide bonds. The third kappa shape index (κ3) is 6.35. The molecule has 0 bridgehead atoms. The highest BCUT2D eigenvalue weighted by molar-refractivity contribution is 7.89. The lowest BCUT2D eigenvalue weighted by Gasteiger charge is -2.33. The first-order chi connectivity index (χ1) is 20.3. The quantitative estimate of drug-likeness (QED) is 0.365. The van der Waals surface area contributed by atoms with E-state index in [2.05, 4.69) is 10.0 Å². The second kappa shape index (κ2) is 13.1. The fourth-order valence-corrected chi connectivity index (χ4v) is 6.89. The zero-order chi connectivity index (χ0) is 29.7. The van der Waals surface area contributed by atoms with E-state index in [0.717, 1.165) is 12.0 Å². The summed E-state index contributed by atoms with van der Waals surface area (Å²) in [5.74, 6) is -0.272. The van der Waals surface area contributed by atoms with Crippen molar-refractivity contribution in [3.8, 4) is 11.3 Å². The number of piperazine rings is 1. The van der Waals surface area contributed by atoms with Crippen molar-refractivity contribution in [2.24, 2.45) is 0 Å². The number of nitrogens with zero attached hydrogens (tertiary/aromatic N) is 4. The number of imidazole rings is 1. The summed E-state index contributed by atoms with van der Waals surface area (Å²) in [6.45, 7) is 5.16. The predicted molar refractivity (Wildman–Crippen MR) is 160 cm³/mol. The first-order valence-electron chi connectivity index (χ1n) is 14.5. The minimum Gasteiger partial charge on any atom is -0.341 e. The van der Waals surface area contributed by atoms with Crippen LogP contribution in [0.5, 0.6) is 0 Å². The van der Waals surface area contributed by atoms with Crippen LogP contribution in [0, 0.1) is 0 Å². The van der Waals surface area contributed by atoms with E-state index < -0.39 is 10.0 Å². The molecule has 42 heavy (non-hydrogen) atoms. The predicted octanol–water partition coefficient (Wildman–Crippen LogP) is 1.91. The first kappa shape index (κ1) is 29.7. The summed E-state index contributed by atoms with van der Waals surface area (Å²) >= 11 is 0. The van der Waals surface area contributed by atoms with E-state index in [-0.39, 0.29) is 41.5 Å². The van der Waals surface area contributed by atoms with Crippen LogP contribution in [0.15, 0.2) is 70.4 Å². The molecule has 224 valence electrons. The van der Waals surface area contributed by atoms with Crippen LogP contribution in [0.1, 0.15) is 42.7 Å². The third-order valence-electron chi connectivity index (χ3n) is 7.94. The lowest BCUT2D eigenvalue weighted by molar-refractivity contribution is -0.130. The van der Waals surface area contributed by atoms with Gasteiger partial charge in [-0.1, -0.05) is 48.5 Å². The Morgan fingerprint density at radius 1 is 0.952 bits per heavy atom. The molecule has 5 rings (SSSR count). The minimum atomic E-state index is -3.71. The highest BCUT2D eigenvalue weighted by Gasteiger charge is 2.34. The van der Waals surface area contributed by atoms with Crippen molar-refractivity contribution in [3.63, 3.8) is 0 Å². The number of sulfonamides is 1. The van der Waals surface area contributed by atoms with Crippen LogP contribution in [0.25, 0.3) is 11.3 Å². The Balaban J connectivity index is 1.53. The molecular formula is C30H38N6O5S. The Kier molecular flexibility index (Phi) is 9.24. The lowest BCUT2D eigenvalue weighted by Crippen LogP contribution is -2.47. The topological polar surface area (TPSA) is 126 Å². The van der Waals surface area contributed by atoms with E-state index in [1.54, 1.807) is 32.6 Å². The van der Waals surface area contributed by atoms with E-state index in [1.807, 2.05) is 30.3 Å². The molecule has 1 aromatic heterocycles. The molecule has 2 aliphatic heterocycles. The second-order valence-electron chi connectivity index (χ2n) is 10.7. The minimum absolute atomic E-state index is 0.0451. The Morgan fingerprint density at radius 2 is 1.62 bits per heavy atom. The van der Waals surface area contributed by atoms with Crippen LogP contribution in [0.2, 0.25) is 0 Å². The van der Waals surface area contributed by atoms with Crippen LogP contribution in [0.3, 0.4) is 0 Å². The van der Waals surface area contributed by atoms with Gasteiger partial charge in [-0.25, -0.2) is 17.9 Å². The van der Waals surface area contributed by atoms with E-state index in [0.29, 0.717) is 63.5 Å². The Bertz CT molecular complexity index is 1560. The number of carbonyl (C=O) groups is 2. The SMILES string of the molecule is CC(=O)N1CCCC(n2c(-c3ccccc3)c(C(=O)N3CCNCC3)n(CCCNS(=O)(=O)c3ccccc3)c2=O)C1.